The number of hydrogen-bond acceptors (Lipinski definition) is 3. The fourth-order valence-corrected chi connectivity index (χ4v) is 2.86. The largest absolute Gasteiger partial charge is 0.346 e. The normalized spacial score (nSPS) is 19.7. The van der Waals surface area contributed by atoms with Crippen molar-refractivity contribution in [2.24, 2.45) is 0 Å². The van der Waals surface area contributed by atoms with Crippen LogP contribution in [0.2, 0.25) is 0 Å². The molecule has 0 saturated carbocycles. The van der Waals surface area contributed by atoms with Crippen LogP contribution in [0.1, 0.15) is 55.5 Å². The van der Waals surface area contributed by atoms with Crippen molar-refractivity contribution in [1.82, 2.24) is 14.8 Å². The summed E-state index contributed by atoms with van der Waals surface area (Å²) >= 11 is 0. The molecule has 1 fully saturated rings. The number of aromatic nitrogens is 1. The lowest BCUT2D eigenvalue weighted by Crippen LogP contribution is -2.35. The molecule has 0 spiro atoms. The molecule has 1 aliphatic heterocycles. The van der Waals surface area contributed by atoms with Crippen LogP contribution in [0.3, 0.4) is 0 Å². The quantitative estimate of drug-likeness (QED) is 0.855. The van der Waals surface area contributed by atoms with Gasteiger partial charge in [0.2, 0.25) is 5.91 Å². The predicted molar refractivity (Wildman–Crippen MR) is 85.3 cm³/mol. The van der Waals surface area contributed by atoms with Crippen molar-refractivity contribution < 1.29 is 4.79 Å². The Bertz CT molecular complexity index is 511. The number of hydrogen-bond donors (Lipinski definition) is 0. The van der Waals surface area contributed by atoms with Gasteiger partial charge in [0.25, 0.3) is 0 Å². The lowest BCUT2D eigenvalue weighted by molar-refractivity contribution is -0.132. The van der Waals surface area contributed by atoms with Crippen molar-refractivity contribution in [2.75, 3.05) is 27.7 Å². The van der Waals surface area contributed by atoms with Gasteiger partial charge in [0.1, 0.15) is 0 Å². The van der Waals surface area contributed by atoms with Crippen LogP contribution in [0, 0.1) is 0 Å². The summed E-state index contributed by atoms with van der Waals surface area (Å²) in [5.74, 6) is 0.992. The molecule has 1 aromatic rings. The number of rotatable bonds is 4. The lowest BCUT2D eigenvalue weighted by Gasteiger charge is -2.30. The Morgan fingerprint density at radius 2 is 2.10 bits per heavy atom. The zero-order chi connectivity index (χ0) is 15.6. The van der Waals surface area contributed by atoms with Crippen molar-refractivity contribution in [3.05, 3.63) is 29.1 Å². The molecule has 1 unspecified atom stereocenters. The fourth-order valence-electron chi connectivity index (χ4n) is 2.86. The van der Waals surface area contributed by atoms with Gasteiger partial charge >= 0.3 is 0 Å². The number of piperidine rings is 1. The molecule has 1 aromatic heterocycles. The maximum absolute atomic E-state index is 12.0. The second-order valence-corrected chi connectivity index (χ2v) is 6.67. The van der Waals surface area contributed by atoms with Crippen LogP contribution in [0.25, 0.3) is 0 Å². The Labute approximate surface area is 128 Å². The van der Waals surface area contributed by atoms with Gasteiger partial charge in [0.05, 0.1) is 5.69 Å². The van der Waals surface area contributed by atoms with Gasteiger partial charge in [0.15, 0.2) is 0 Å². The predicted octanol–water partition coefficient (Wildman–Crippen LogP) is 2.60. The summed E-state index contributed by atoms with van der Waals surface area (Å²) < 4.78 is 0. The SMILES string of the molecule is CC(C)c1ccc(C2CCN(C)C(=O)C2)c(CN(C)C)n1. The molecule has 1 atom stereocenters. The van der Waals surface area contributed by atoms with Gasteiger partial charge in [-0.2, -0.15) is 0 Å². The van der Waals surface area contributed by atoms with E-state index in [2.05, 4.69) is 45.0 Å². The smallest absolute Gasteiger partial charge is 0.222 e. The van der Waals surface area contributed by atoms with Crippen LogP contribution >= 0.6 is 0 Å². The van der Waals surface area contributed by atoms with Crippen molar-refractivity contribution in [1.29, 1.82) is 0 Å². The minimum Gasteiger partial charge on any atom is -0.346 e. The van der Waals surface area contributed by atoms with E-state index in [1.54, 1.807) is 0 Å². The number of nitrogens with zero attached hydrogens (tertiary/aromatic N) is 3. The molecule has 116 valence electrons. The van der Waals surface area contributed by atoms with Crippen LogP contribution in [0.4, 0.5) is 0 Å². The summed E-state index contributed by atoms with van der Waals surface area (Å²) in [6.45, 7) is 6.01. The molecule has 0 aromatic carbocycles. The van der Waals surface area contributed by atoms with Gasteiger partial charge in [-0.05, 0) is 44.0 Å². The Balaban J connectivity index is 2.31. The second kappa shape index (κ2) is 6.56. The zero-order valence-corrected chi connectivity index (χ0v) is 13.9. The summed E-state index contributed by atoms with van der Waals surface area (Å²) in [4.78, 5) is 20.8. The molecule has 1 saturated heterocycles. The van der Waals surface area contributed by atoms with Crippen LogP contribution in [-0.4, -0.2) is 48.4 Å². The number of carbonyl (C=O) groups excluding carboxylic acids is 1. The third-order valence-electron chi connectivity index (χ3n) is 4.19. The van der Waals surface area contributed by atoms with Gasteiger partial charge < -0.3 is 9.80 Å². The molecular weight excluding hydrogens is 262 g/mol. The highest BCUT2D eigenvalue weighted by atomic mass is 16.2. The maximum atomic E-state index is 12.0. The molecule has 4 heteroatoms. The molecule has 0 aliphatic carbocycles. The molecule has 1 amide bonds. The highest BCUT2D eigenvalue weighted by Crippen LogP contribution is 2.31. The topological polar surface area (TPSA) is 36.4 Å². The first-order valence-corrected chi connectivity index (χ1v) is 7.77. The molecule has 4 nitrogen and oxygen atoms in total. The second-order valence-electron chi connectivity index (χ2n) is 6.67. The molecule has 0 bridgehead atoms. The Morgan fingerprint density at radius 3 is 2.67 bits per heavy atom. The first-order valence-electron chi connectivity index (χ1n) is 7.77. The van der Waals surface area contributed by atoms with Gasteiger partial charge in [-0.15, -0.1) is 0 Å². The van der Waals surface area contributed by atoms with E-state index < -0.39 is 0 Å². The first-order chi connectivity index (χ1) is 9.88. The van der Waals surface area contributed by atoms with E-state index in [4.69, 9.17) is 4.98 Å². The number of pyridine rings is 1. The Kier molecular flexibility index (Phi) is 4.99. The van der Waals surface area contributed by atoms with E-state index in [1.165, 1.54) is 5.56 Å². The third kappa shape index (κ3) is 3.82. The number of amides is 1. The summed E-state index contributed by atoms with van der Waals surface area (Å²) in [6, 6.07) is 4.33. The van der Waals surface area contributed by atoms with Crippen molar-refractivity contribution in [3.8, 4) is 0 Å². The summed E-state index contributed by atoms with van der Waals surface area (Å²) in [5.41, 5.74) is 3.53. The Hall–Kier alpha value is -1.42. The molecule has 0 N–H and O–H groups in total. The minimum absolute atomic E-state index is 0.245. The first kappa shape index (κ1) is 16.0. The average Bonchev–Trinajstić information content (AvgIpc) is 2.41. The highest BCUT2D eigenvalue weighted by molar-refractivity contribution is 5.77. The zero-order valence-electron chi connectivity index (χ0n) is 13.9. The minimum atomic E-state index is 0.245. The lowest BCUT2D eigenvalue weighted by atomic mass is 9.87. The molecule has 0 radical (unpaired) electrons. The van der Waals surface area contributed by atoms with Gasteiger partial charge in [0, 0.05) is 32.3 Å². The van der Waals surface area contributed by atoms with E-state index >= 15 is 0 Å². The third-order valence-corrected chi connectivity index (χ3v) is 4.19. The van der Waals surface area contributed by atoms with Gasteiger partial charge in [-0.25, -0.2) is 0 Å². The molecular formula is C17H27N3O. The summed E-state index contributed by atoms with van der Waals surface area (Å²) in [5, 5.41) is 0. The Morgan fingerprint density at radius 1 is 1.38 bits per heavy atom. The van der Waals surface area contributed by atoms with Crippen LogP contribution in [-0.2, 0) is 11.3 Å². The maximum Gasteiger partial charge on any atom is 0.222 e. The standard InChI is InChI=1S/C17H27N3O/c1-12(2)15-7-6-14(16(18-15)11-19(3)4)13-8-9-20(5)17(21)10-13/h6-7,12-13H,8-11H2,1-5H3. The van der Waals surface area contributed by atoms with Crippen LogP contribution < -0.4 is 0 Å². The molecule has 1 aliphatic rings. The molecule has 2 heterocycles. The van der Waals surface area contributed by atoms with Crippen molar-refractivity contribution >= 4 is 5.91 Å². The average molecular weight is 289 g/mol. The van der Waals surface area contributed by atoms with Gasteiger partial charge in [-0.3, -0.25) is 9.78 Å². The number of likely N-dealkylation sites (tertiary alicyclic amines) is 1. The van der Waals surface area contributed by atoms with E-state index in [9.17, 15) is 4.79 Å². The van der Waals surface area contributed by atoms with Crippen LogP contribution in [0.5, 0.6) is 0 Å². The summed E-state index contributed by atoms with van der Waals surface area (Å²) in [6.07, 6.45) is 1.64. The van der Waals surface area contributed by atoms with E-state index in [0.29, 0.717) is 18.3 Å². The van der Waals surface area contributed by atoms with E-state index in [1.807, 2.05) is 11.9 Å². The van der Waals surface area contributed by atoms with E-state index in [0.717, 1.165) is 30.9 Å². The summed E-state index contributed by atoms with van der Waals surface area (Å²) in [7, 11) is 6.01. The van der Waals surface area contributed by atoms with Crippen LogP contribution in [0.15, 0.2) is 12.1 Å². The van der Waals surface area contributed by atoms with Crippen molar-refractivity contribution in [2.45, 2.75) is 45.1 Å². The monoisotopic (exact) mass is 289 g/mol. The van der Waals surface area contributed by atoms with Crippen molar-refractivity contribution in [3.63, 3.8) is 0 Å². The molecule has 21 heavy (non-hydrogen) atoms. The van der Waals surface area contributed by atoms with Gasteiger partial charge in [-0.1, -0.05) is 19.9 Å². The number of carbonyl (C=O) groups is 1. The highest BCUT2D eigenvalue weighted by Gasteiger charge is 2.27. The fraction of sp³-hybridized carbons (Fsp3) is 0.647. The van der Waals surface area contributed by atoms with E-state index in [-0.39, 0.29) is 5.91 Å². The molecule has 2 rings (SSSR count).